The Labute approximate surface area is 40.6 Å². The van der Waals surface area contributed by atoms with E-state index in [2.05, 4.69) is 11.9 Å². The molecule has 0 saturated heterocycles. The largest absolute Gasteiger partial charge is 0.296 e. The molecule has 0 aromatic heterocycles. The Hall–Kier alpha value is 0.100. The molecule has 1 atom stereocenters. The summed E-state index contributed by atoms with van der Waals surface area (Å²) in [5, 5.41) is 0. The van der Waals surface area contributed by atoms with Gasteiger partial charge in [0.05, 0.1) is 0 Å². The molecule has 36 valence electrons. The summed E-state index contributed by atoms with van der Waals surface area (Å²) in [7, 11) is 2.73. The number of hydrogen-bond acceptors (Lipinski definition) is 1. The predicted molar refractivity (Wildman–Crippen MR) is 33.3 cm³/mol. The van der Waals surface area contributed by atoms with Crippen molar-refractivity contribution >= 4 is 14.5 Å². The van der Waals surface area contributed by atoms with Crippen molar-refractivity contribution in [2.24, 2.45) is 4.99 Å². The van der Waals surface area contributed by atoms with E-state index in [-0.39, 0.29) is 0 Å². The fourth-order valence-electron chi connectivity index (χ4n) is 0.183. The second-order valence-electron chi connectivity index (χ2n) is 0.945. The highest BCUT2D eigenvalue weighted by molar-refractivity contribution is 7.55. The SMILES string of the molecule is CCPC=NC. The van der Waals surface area contributed by atoms with Crippen molar-refractivity contribution in [1.29, 1.82) is 0 Å². The molecule has 0 bridgehead atoms. The van der Waals surface area contributed by atoms with Gasteiger partial charge in [0, 0.05) is 13.0 Å². The highest BCUT2D eigenvalue weighted by atomic mass is 31.1. The van der Waals surface area contributed by atoms with Crippen molar-refractivity contribution in [3.05, 3.63) is 0 Å². The lowest BCUT2D eigenvalue weighted by atomic mass is 11.0. The maximum atomic E-state index is 3.81. The average Bonchev–Trinajstić information content (AvgIpc) is 1.61. The normalized spacial score (nSPS) is 12.3. The van der Waals surface area contributed by atoms with E-state index in [0.717, 1.165) is 8.58 Å². The molecular formula is C4H10NP. The maximum Gasteiger partial charge on any atom is 0.0277 e. The van der Waals surface area contributed by atoms with E-state index < -0.39 is 0 Å². The molecule has 0 aliphatic carbocycles. The summed E-state index contributed by atoms with van der Waals surface area (Å²) >= 11 is 0. The second-order valence-corrected chi connectivity index (χ2v) is 2.32. The van der Waals surface area contributed by atoms with Gasteiger partial charge in [-0.3, -0.25) is 4.99 Å². The summed E-state index contributed by atoms with van der Waals surface area (Å²) < 4.78 is 0. The zero-order chi connectivity index (χ0) is 4.83. The molecule has 0 aliphatic heterocycles. The van der Waals surface area contributed by atoms with E-state index in [1.807, 2.05) is 13.0 Å². The Morgan fingerprint density at radius 2 is 2.50 bits per heavy atom. The third-order valence-electron chi connectivity index (χ3n) is 0.425. The predicted octanol–water partition coefficient (Wildman–Crippen LogP) is 1.34. The van der Waals surface area contributed by atoms with Gasteiger partial charge in [0.2, 0.25) is 0 Å². The van der Waals surface area contributed by atoms with E-state index in [1.54, 1.807) is 0 Å². The maximum absolute atomic E-state index is 3.81. The molecule has 0 rings (SSSR count). The van der Waals surface area contributed by atoms with Gasteiger partial charge >= 0.3 is 0 Å². The van der Waals surface area contributed by atoms with Crippen LogP contribution in [-0.4, -0.2) is 19.2 Å². The van der Waals surface area contributed by atoms with Crippen molar-refractivity contribution in [3.63, 3.8) is 0 Å². The van der Waals surface area contributed by atoms with Crippen molar-refractivity contribution in [1.82, 2.24) is 0 Å². The zero-order valence-corrected chi connectivity index (χ0v) is 5.23. The fraction of sp³-hybridized carbons (Fsp3) is 0.750. The van der Waals surface area contributed by atoms with Gasteiger partial charge < -0.3 is 0 Å². The molecule has 0 heterocycles. The summed E-state index contributed by atoms with van der Waals surface area (Å²) in [6, 6.07) is 0. The van der Waals surface area contributed by atoms with Crippen LogP contribution in [0.15, 0.2) is 4.99 Å². The third-order valence-corrected chi connectivity index (χ3v) is 1.27. The number of rotatable bonds is 2. The van der Waals surface area contributed by atoms with Crippen LogP contribution in [0.1, 0.15) is 6.92 Å². The van der Waals surface area contributed by atoms with Crippen LogP contribution >= 0.6 is 8.58 Å². The molecule has 1 nitrogen and oxygen atoms in total. The van der Waals surface area contributed by atoms with Crippen LogP contribution in [0, 0.1) is 0 Å². The van der Waals surface area contributed by atoms with Crippen molar-refractivity contribution in [2.45, 2.75) is 6.92 Å². The van der Waals surface area contributed by atoms with Crippen LogP contribution in [0.4, 0.5) is 0 Å². The summed E-state index contributed by atoms with van der Waals surface area (Å²) in [6.45, 7) is 2.15. The van der Waals surface area contributed by atoms with E-state index in [9.17, 15) is 0 Å². The fourth-order valence-corrected chi connectivity index (χ4v) is 0.548. The van der Waals surface area contributed by atoms with Gasteiger partial charge in [0.25, 0.3) is 0 Å². The van der Waals surface area contributed by atoms with Crippen LogP contribution in [0.2, 0.25) is 0 Å². The molecule has 0 amide bonds. The van der Waals surface area contributed by atoms with Gasteiger partial charge in [-0.1, -0.05) is 15.5 Å². The first-order valence-electron chi connectivity index (χ1n) is 2.05. The molecule has 0 spiro atoms. The van der Waals surface area contributed by atoms with Crippen LogP contribution < -0.4 is 0 Å². The molecule has 0 aliphatic rings. The molecule has 1 unspecified atom stereocenters. The van der Waals surface area contributed by atoms with Crippen LogP contribution in [0.3, 0.4) is 0 Å². The van der Waals surface area contributed by atoms with Crippen LogP contribution in [0.5, 0.6) is 0 Å². The van der Waals surface area contributed by atoms with E-state index in [1.165, 1.54) is 6.16 Å². The Morgan fingerprint density at radius 3 is 2.67 bits per heavy atom. The topological polar surface area (TPSA) is 12.4 Å². The standard InChI is InChI=1S/C4H10NP/c1-3-6-4-5-2/h4,6H,3H2,1-2H3. The van der Waals surface area contributed by atoms with E-state index in [0.29, 0.717) is 0 Å². The van der Waals surface area contributed by atoms with E-state index in [4.69, 9.17) is 0 Å². The van der Waals surface area contributed by atoms with Gasteiger partial charge in [-0.25, -0.2) is 0 Å². The monoisotopic (exact) mass is 103 g/mol. The first-order chi connectivity index (χ1) is 2.91. The zero-order valence-electron chi connectivity index (χ0n) is 4.23. The van der Waals surface area contributed by atoms with Crippen LogP contribution in [-0.2, 0) is 0 Å². The van der Waals surface area contributed by atoms with Gasteiger partial charge in [0.1, 0.15) is 0 Å². The lowest BCUT2D eigenvalue weighted by molar-refractivity contribution is 1.48. The highest BCUT2D eigenvalue weighted by Crippen LogP contribution is 1.99. The van der Waals surface area contributed by atoms with Crippen molar-refractivity contribution in [3.8, 4) is 0 Å². The Kier molecular flexibility index (Phi) is 5.18. The quantitative estimate of drug-likeness (QED) is 0.369. The average molecular weight is 103 g/mol. The molecule has 0 N–H and O–H groups in total. The third kappa shape index (κ3) is 4.10. The lowest BCUT2D eigenvalue weighted by Crippen LogP contribution is -1.59. The molecule has 0 aromatic carbocycles. The molecule has 0 saturated carbocycles. The Morgan fingerprint density at radius 1 is 1.83 bits per heavy atom. The molecule has 0 fully saturated rings. The minimum absolute atomic E-state index is 0.923. The van der Waals surface area contributed by atoms with Crippen LogP contribution in [0.25, 0.3) is 0 Å². The van der Waals surface area contributed by atoms with Gasteiger partial charge in [0.15, 0.2) is 0 Å². The Bertz CT molecular complexity index is 42.8. The van der Waals surface area contributed by atoms with Gasteiger partial charge in [-0.05, 0) is 6.16 Å². The molecule has 0 aromatic rings. The van der Waals surface area contributed by atoms with E-state index >= 15 is 0 Å². The first-order valence-corrected chi connectivity index (χ1v) is 3.34. The smallest absolute Gasteiger partial charge is 0.0277 e. The Balaban J connectivity index is 2.66. The molecule has 0 radical (unpaired) electrons. The number of hydrogen-bond donors (Lipinski definition) is 0. The number of aliphatic imine (C=N–C) groups is 1. The second kappa shape index (κ2) is 5.10. The first kappa shape index (κ1) is 6.10. The minimum Gasteiger partial charge on any atom is -0.296 e. The number of nitrogens with zero attached hydrogens (tertiary/aromatic N) is 1. The van der Waals surface area contributed by atoms with Gasteiger partial charge in [-0.2, -0.15) is 0 Å². The minimum atomic E-state index is 0.923. The summed E-state index contributed by atoms with van der Waals surface area (Å²) in [5.41, 5.74) is 0. The molecule has 6 heavy (non-hydrogen) atoms. The van der Waals surface area contributed by atoms with Crippen molar-refractivity contribution in [2.75, 3.05) is 13.2 Å². The summed E-state index contributed by atoms with van der Waals surface area (Å²) in [5.74, 6) is 1.96. The molecular weight excluding hydrogens is 93.0 g/mol. The van der Waals surface area contributed by atoms with Gasteiger partial charge in [-0.15, -0.1) is 0 Å². The molecule has 2 heteroatoms. The summed E-state index contributed by atoms with van der Waals surface area (Å²) in [6.07, 6.45) is 1.23. The summed E-state index contributed by atoms with van der Waals surface area (Å²) in [4.78, 5) is 3.81. The lowest BCUT2D eigenvalue weighted by Gasteiger charge is -1.76. The van der Waals surface area contributed by atoms with Crippen molar-refractivity contribution < 1.29 is 0 Å². The highest BCUT2D eigenvalue weighted by Gasteiger charge is 1.64.